The number of hydroxylamine groups is 4. The Labute approximate surface area is 360 Å². The van der Waals surface area contributed by atoms with Gasteiger partial charge in [0.2, 0.25) is 11.8 Å². The first kappa shape index (κ1) is 49.4. The van der Waals surface area contributed by atoms with Crippen LogP contribution in [-0.4, -0.2) is 170 Å². The molecule has 0 spiro atoms. The molecule has 63 heavy (non-hydrogen) atoms. The van der Waals surface area contributed by atoms with Crippen molar-refractivity contribution in [1.82, 2.24) is 30.6 Å². The van der Waals surface area contributed by atoms with E-state index in [1.807, 2.05) is 0 Å². The topological polar surface area (TPSA) is 297 Å². The van der Waals surface area contributed by atoms with Crippen LogP contribution in [0.2, 0.25) is 0 Å². The largest absolute Gasteiger partial charge is 0.381 e. The molecule has 4 aliphatic heterocycles. The van der Waals surface area contributed by atoms with Crippen LogP contribution in [0.3, 0.4) is 0 Å². The van der Waals surface area contributed by atoms with E-state index in [1.54, 1.807) is 0 Å². The monoisotopic (exact) mass is 890 g/mol. The fourth-order valence-electron chi connectivity index (χ4n) is 6.04. The Morgan fingerprint density at radius 3 is 1.13 bits per heavy atom. The average molecular weight is 891 g/mol. The first-order valence-electron chi connectivity index (χ1n) is 20.2. The number of nitrogens with one attached hydrogen (secondary N) is 2. The number of ether oxygens (including phenoxy) is 4. The predicted molar refractivity (Wildman–Crippen MR) is 206 cm³/mol. The number of imide groups is 4. The summed E-state index contributed by atoms with van der Waals surface area (Å²) < 4.78 is 23.6. The number of carbonyl (C=O) groups is 12. The minimum absolute atomic E-state index is 0.0820. The fourth-order valence-corrected chi connectivity index (χ4v) is 6.04. The van der Waals surface area contributed by atoms with Gasteiger partial charge in [-0.2, -0.15) is 0 Å². The molecule has 4 rings (SSSR count). The van der Waals surface area contributed by atoms with Gasteiger partial charge >= 0.3 is 11.9 Å². The third-order valence-corrected chi connectivity index (χ3v) is 9.43. The summed E-state index contributed by atoms with van der Waals surface area (Å²) in [5, 5.41) is 6.19. The Hall–Kier alpha value is -6.24. The van der Waals surface area contributed by atoms with E-state index in [0.29, 0.717) is 23.0 Å². The van der Waals surface area contributed by atoms with Crippen LogP contribution in [0.15, 0.2) is 24.3 Å². The van der Waals surface area contributed by atoms with Gasteiger partial charge in [-0.15, -0.1) is 10.1 Å². The van der Waals surface area contributed by atoms with Crippen LogP contribution in [-0.2, 0) is 86.2 Å². The van der Waals surface area contributed by atoms with E-state index in [-0.39, 0.29) is 130 Å². The van der Waals surface area contributed by atoms with Crippen molar-refractivity contribution in [2.75, 3.05) is 79.0 Å². The molecule has 0 aromatic rings. The van der Waals surface area contributed by atoms with Crippen molar-refractivity contribution in [2.45, 2.75) is 64.2 Å². The minimum Gasteiger partial charge on any atom is -0.381 e. The molecule has 4 heterocycles. The Bertz CT molecular complexity index is 1650. The van der Waals surface area contributed by atoms with Crippen LogP contribution in [0.25, 0.3) is 0 Å². The molecule has 0 aromatic carbocycles. The van der Waals surface area contributed by atoms with Gasteiger partial charge in [0.25, 0.3) is 47.3 Å². The van der Waals surface area contributed by atoms with Gasteiger partial charge in [-0.25, -0.2) is 9.59 Å². The molecule has 0 radical (unpaired) electrons. The lowest BCUT2D eigenvalue weighted by Gasteiger charge is -2.33. The Balaban J connectivity index is 1.31. The summed E-state index contributed by atoms with van der Waals surface area (Å²) in [6.07, 6.45) is 3.87. The second-order valence-electron chi connectivity index (χ2n) is 14.5. The normalized spacial score (nSPS) is 16.4. The van der Waals surface area contributed by atoms with E-state index >= 15 is 0 Å². The van der Waals surface area contributed by atoms with Gasteiger partial charge in [0.15, 0.2) is 0 Å². The third kappa shape index (κ3) is 16.2. The predicted octanol–water partition coefficient (Wildman–Crippen LogP) is -2.32. The van der Waals surface area contributed by atoms with Crippen LogP contribution in [0.5, 0.6) is 0 Å². The van der Waals surface area contributed by atoms with Gasteiger partial charge in [-0.05, 0) is 12.8 Å². The highest BCUT2D eigenvalue weighted by molar-refractivity contribution is 6.13. The number of nitrogens with zero attached hydrogens (tertiary/aromatic N) is 4. The maximum atomic E-state index is 12.4. The number of hydrogen-bond donors (Lipinski definition) is 2. The number of carbonyl (C=O) groups excluding carboxylic acids is 12. The van der Waals surface area contributed by atoms with Crippen molar-refractivity contribution >= 4 is 71.0 Å². The molecular weight excluding hydrogens is 840 g/mol. The molecule has 4 aliphatic rings. The van der Waals surface area contributed by atoms with E-state index in [9.17, 15) is 57.5 Å². The molecule has 24 nitrogen and oxygen atoms in total. The molecule has 344 valence electrons. The maximum absolute atomic E-state index is 12.4. The summed E-state index contributed by atoms with van der Waals surface area (Å²) in [7, 11) is 0. The lowest BCUT2D eigenvalue weighted by atomic mass is 9.92. The molecule has 0 aromatic heterocycles. The van der Waals surface area contributed by atoms with E-state index in [0.717, 1.165) is 34.1 Å². The molecule has 0 aliphatic carbocycles. The van der Waals surface area contributed by atoms with E-state index in [1.165, 1.54) is 0 Å². The first-order chi connectivity index (χ1) is 30.2. The van der Waals surface area contributed by atoms with Gasteiger partial charge in [-0.3, -0.25) is 57.7 Å². The first-order valence-corrected chi connectivity index (χ1v) is 20.2. The van der Waals surface area contributed by atoms with Crippen LogP contribution < -0.4 is 10.6 Å². The summed E-state index contributed by atoms with van der Waals surface area (Å²) in [5.74, 6) is -7.22. The van der Waals surface area contributed by atoms with Crippen LogP contribution in [0.1, 0.15) is 64.2 Å². The molecular formula is C39H50N6O18. The number of amides is 10. The van der Waals surface area contributed by atoms with Gasteiger partial charge in [0, 0.05) is 102 Å². The summed E-state index contributed by atoms with van der Waals surface area (Å²) in [6.45, 7) is -0.658. The highest BCUT2D eigenvalue weighted by Crippen LogP contribution is 2.22. The van der Waals surface area contributed by atoms with Crippen molar-refractivity contribution in [2.24, 2.45) is 5.41 Å². The molecule has 0 saturated carbocycles. The van der Waals surface area contributed by atoms with Crippen molar-refractivity contribution in [3.63, 3.8) is 0 Å². The fraction of sp³-hybridized carbons (Fsp3) is 0.590. The van der Waals surface area contributed by atoms with Crippen molar-refractivity contribution < 1.29 is 86.2 Å². The van der Waals surface area contributed by atoms with E-state index in [4.69, 9.17) is 28.6 Å². The van der Waals surface area contributed by atoms with Crippen LogP contribution in [0.4, 0.5) is 0 Å². The van der Waals surface area contributed by atoms with Gasteiger partial charge in [0.05, 0.1) is 57.9 Å². The van der Waals surface area contributed by atoms with Gasteiger partial charge in [0.1, 0.15) is 0 Å². The summed E-state index contributed by atoms with van der Waals surface area (Å²) in [5.41, 5.74) is -1.15. The third-order valence-electron chi connectivity index (χ3n) is 9.43. The maximum Gasteiger partial charge on any atom is 0.335 e. The quantitative estimate of drug-likeness (QED) is 0.0565. The standard InChI is InChI=1S/C39H50N6O18/c46-27(11-17-42-29(48)3-4-30(42)49)40-15-1-19-58-23-39(25-60-21-13-37(56)62-44-33(52)7-8-34(44)53,26-61-22-14-38(57)63-45-35(54)9-10-36(45)55)24-59-20-2-16-41-28(47)12-18-43-31(50)5-6-32(43)51/h3-6H,1-2,7-26H2,(H,40,46)(H,41,47). The van der Waals surface area contributed by atoms with Crippen molar-refractivity contribution in [3.8, 4) is 0 Å². The second-order valence-corrected chi connectivity index (χ2v) is 14.5. The zero-order chi connectivity index (χ0) is 45.8. The van der Waals surface area contributed by atoms with Crippen LogP contribution >= 0.6 is 0 Å². The smallest absolute Gasteiger partial charge is 0.335 e. The SMILES string of the molecule is O=C(CCN1C(=O)C=CC1=O)NCCCOCC(COCCCNC(=O)CCN1C(=O)C=CC1=O)(COCCC(=O)ON1C(=O)CCC1=O)COCCC(=O)ON1C(=O)CCC1=O. The summed E-state index contributed by atoms with van der Waals surface area (Å²) in [4.78, 5) is 156. The number of hydrogen-bond acceptors (Lipinski definition) is 18. The average Bonchev–Trinajstić information content (AvgIpc) is 3.96. The molecule has 10 amide bonds. The number of rotatable bonds is 30. The summed E-state index contributed by atoms with van der Waals surface area (Å²) >= 11 is 0. The van der Waals surface area contributed by atoms with Crippen molar-refractivity contribution in [1.29, 1.82) is 0 Å². The molecule has 0 unspecified atom stereocenters. The molecule has 2 fully saturated rings. The molecule has 24 heteroatoms. The lowest BCUT2D eigenvalue weighted by molar-refractivity contribution is -0.198. The Morgan fingerprint density at radius 1 is 0.476 bits per heavy atom. The zero-order valence-corrected chi connectivity index (χ0v) is 34.5. The van der Waals surface area contributed by atoms with E-state index < -0.39 is 76.4 Å². The van der Waals surface area contributed by atoms with Crippen LogP contribution in [0, 0.1) is 5.41 Å². The van der Waals surface area contributed by atoms with Gasteiger partial charge < -0.3 is 39.3 Å². The van der Waals surface area contributed by atoms with Gasteiger partial charge in [-0.1, -0.05) is 0 Å². The molecule has 0 atom stereocenters. The molecule has 2 N–H and O–H groups in total. The highest BCUT2D eigenvalue weighted by atomic mass is 16.7. The summed E-state index contributed by atoms with van der Waals surface area (Å²) in [6, 6.07) is 0. The molecule has 0 bridgehead atoms. The lowest BCUT2D eigenvalue weighted by Crippen LogP contribution is -2.42. The molecule has 2 saturated heterocycles. The Kier molecular flexibility index (Phi) is 19.6. The highest BCUT2D eigenvalue weighted by Gasteiger charge is 2.36. The van der Waals surface area contributed by atoms with E-state index in [2.05, 4.69) is 10.6 Å². The zero-order valence-electron chi connectivity index (χ0n) is 34.5. The second kappa shape index (κ2) is 25.0. The minimum atomic E-state index is -1.15. The van der Waals surface area contributed by atoms with Crippen molar-refractivity contribution in [3.05, 3.63) is 24.3 Å². The Morgan fingerprint density at radius 2 is 0.794 bits per heavy atom.